The van der Waals surface area contributed by atoms with Crippen LogP contribution in [0, 0.1) is 0 Å². The second-order valence-electron chi connectivity index (χ2n) is 4.50. The van der Waals surface area contributed by atoms with E-state index in [0.717, 1.165) is 0 Å². The van der Waals surface area contributed by atoms with Gasteiger partial charge >= 0.3 is 0 Å². The van der Waals surface area contributed by atoms with Gasteiger partial charge in [-0.3, -0.25) is 0 Å². The summed E-state index contributed by atoms with van der Waals surface area (Å²) in [5, 5.41) is 0. The molecule has 0 aromatic heterocycles. The molecule has 0 aliphatic heterocycles. The molecule has 0 saturated heterocycles. The summed E-state index contributed by atoms with van der Waals surface area (Å²) < 4.78 is 0. The third-order valence-corrected chi connectivity index (χ3v) is 0. The molecule has 0 aliphatic carbocycles. The predicted molar refractivity (Wildman–Crippen MR) is 81.5 cm³/mol. The van der Waals surface area contributed by atoms with Gasteiger partial charge in [0, 0.05) is 79.9 Å². The third kappa shape index (κ3) is 436. The minimum absolute atomic E-state index is 0. The fourth-order valence-electron chi connectivity index (χ4n) is 0. The molecule has 0 bridgehead atoms. The van der Waals surface area contributed by atoms with Crippen LogP contribution in [0.4, 0.5) is 0 Å². The smallest absolute Gasteiger partial charge is 0.0379 e. The van der Waals surface area contributed by atoms with Crippen LogP contribution < -0.4 is 0 Å². The van der Waals surface area contributed by atoms with Crippen LogP contribution in [0.2, 0.25) is 58.9 Å². The van der Waals surface area contributed by atoms with E-state index in [4.69, 9.17) is 0 Å². The first kappa shape index (κ1) is 30.0. The van der Waals surface area contributed by atoms with E-state index >= 15 is 0 Å². The van der Waals surface area contributed by atoms with Crippen molar-refractivity contribution in [2.24, 2.45) is 0 Å². The zero-order valence-corrected chi connectivity index (χ0v) is 19.9. The largest absolute Gasteiger partial charge is 0.0715 e. The van der Waals surface area contributed by atoms with Crippen molar-refractivity contribution in [3.8, 4) is 0 Å². The molecule has 0 nitrogen and oxygen atoms in total. The summed E-state index contributed by atoms with van der Waals surface area (Å²) in [6, 6.07) is 0. The quantitative estimate of drug-likeness (QED) is 0.581. The summed E-state index contributed by atoms with van der Waals surface area (Å²) >= 11 is 0. The van der Waals surface area contributed by atoms with E-state index < -0.39 is 0 Å². The fraction of sp³-hybridized carbons (Fsp3) is 1.00. The Balaban J connectivity index is -0.0000000270. The predicted octanol–water partition coefficient (Wildman–Crippen LogP) is 3.35. The number of hydrogen-bond acceptors (Lipinski definition) is 0. The van der Waals surface area contributed by atoms with Gasteiger partial charge in [0.25, 0.3) is 0 Å². The van der Waals surface area contributed by atoms with Gasteiger partial charge in [-0.25, -0.2) is 0 Å². The topological polar surface area (TPSA) is 0 Å². The SMILES string of the molecule is C[Si](C)C.C[Si](C)C.C[Si](C)C.[Na].[Sn]. The molecule has 0 fully saturated rings. The van der Waals surface area contributed by atoms with E-state index in [2.05, 4.69) is 58.9 Å². The van der Waals surface area contributed by atoms with E-state index in [-0.39, 0.29) is 79.9 Å². The maximum absolute atomic E-state index is 2.27. The maximum Gasteiger partial charge on any atom is 0.0379 e. The average Bonchev–Trinajstić information content (AvgIpc) is 1.54. The minimum Gasteiger partial charge on any atom is -0.0715 e. The molecule has 0 spiro atoms. The van der Waals surface area contributed by atoms with Crippen molar-refractivity contribution in [3.05, 3.63) is 0 Å². The molecule has 0 atom stereocenters. The summed E-state index contributed by atoms with van der Waals surface area (Å²) in [4.78, 5) is 0. The summed E-state index contributed by atoms with van der Waals surface area (Å²) in [5.74, 6) is 0. The molecule has 0 N–H and O–H groups in total. The van der Waals surface area contributed by atoms with E-state index in [1.54, 1.807) is 0 Å². The van der Waals surface area contributed by atoms with Gasteiger partial charge in [-0.15, -0.1) is 0 Å². The molecule has 0 heterocycles. The summed E-state index contributed by atoms with van der Waals surface area (Å²) in [5.41, 5.74) is 0. The van der Waals surface area contributed by atoms with Crippen molar-refractivity contribution in [3.63, 3.8) is 0 Å². The molecular weight excluding hydrogens is 334 g/mol. The molecular formula is C9H27NaSi3Sn. The van der Waals surface area contributed by atoms with Gasteiger partial charge < -0.3 is 0 Å². The Bertz CT molecular complexity index is 48.5. The maximum atomic E-state index is 2.27. The zero-order chi connectivity index (χ0) is 10.7. The molecule has 14 heavy (non-hydrogen) atoms. The van der Waals surface area contributed by atoms with Crippen molar-refractivity contribution in [1.82, 2.24) is 0 Å². The Kier molecular flexibility index (Phi) is 52.6. The molecule has 0 saturated carbocycles. The molecule has 0 unspecified atom stereocenters. The van der Waals surface area contributed by atoms with Crippen molar-refractivity contribution < 1.29 is 0 Å². The molecule has 5 heteroatoms. The minimum atomic E-state index is 0. The van der Waals surface area contributed by atoms with E-state index in [0.29, 0.717) is 0 Å². The molecule has 0 aromatic carbocycles. The van der Waals surface area contributed by atoms with Crippen LogP contribution >= 0.6 is 0 Å². The van der Waals surface area contributed by atoms with Crippen LogP contribution in [0.3, 0.4) is 0 Å². The van der Waals surface area contributed by atoms with E-state index in [1.807, 2.05) is 0 Å². The van der Waals surface area contributed by atoms with Gasteiger partial charge in [-0.1, -0.05) is 58.9 Å². The van der Waals surface area contributed by atoms with Gasteiger partial charge in [0.1, 0.15) is 0 Å². The Labute approximate surface area is 137 Å². The molecule has 0 aromatic rings. The first-order chi connectivity index (χ1) is 5.20. The van der Waals surface area contributed by atoms with Crippen LogP contribution in [0.5, 0.6) is 0 Å². The van der Waals surface area contributed by atoms with Crippen molar-refractivity contribution in [2.75, 3.05) is 0 Å². The van der Waals surface area contributed by atoms with Gasteiger partial charge in [-0.2, -0.15) is 0 Å². The molecule has 0 aliphatic rings. The van der Waals surface area contributed by atoms with Gasteiger partial charge in [0.2, 0.25) is 0 Å². The fourth-order valence-corrected chi connectivity index (χ4v) is 0. The van der Waals surface area contributed by atoms with Crippen molar-refractivity contribution in [2.45, 2.75) is 58.9 Å². The Morgan fingerprint density at radius 2 is 0.429 bits per heavy atom. The molecule has 80 valence electrons. The third-order valence-electron chi connectivity index (χ3n) is 0. The van der Waals surface area contributed by atoms with Crippen molar-refractivity contribution >= 4 is 79.9 Å². The van der Waals surface area contributed by atoms with Gasteiger partial charge in [0.15, 0.2) is 0 Å². The Morgan fingerprint density at radius 3 is 0.429 bits per heavy atom. The van der Waals surface area contributed by atoms with Crippen LogP contribution in [-0.2, 0) is 0 Å². The second-order valence-corrected chi connectivity index (χ2v) is 13.5. The summed E-state index contributed by atoms with van der Waals surface area (Å²) in [7, 11) is 0.361. The zero-order valence-electron chi connectivity index (χ0n) is 12.0. The van der Waals surface area contributed by atoms with Gasteiger partial charge in [-0.05, 0) is 0 Å². The molecule has 0 amide bonds. The van der Waals surface area contributed by atoms with Crippen LogP contribution in [-0.4, -0.2) is 79.9 Å². The number of rotatable bonds is 0. The number of hydrogen-bond donors (Lipinski definition) is 0. The standard InChI is InChI=1S/3C3H9Si.Na.Sn/c3*1-4(2)3;;/h3*1-3H3;;. The Hall–Kier alpha value is 2.45. The van der Waals surface area contributed by atoms with Crippen LogP contribution in [0.1, 0.15) is 0 Å². The second kappa shape index (κ2) is 24.6. The van der Waals surface area contributed by atoms with Crippen molar-refractivity contribution in [1.29, 1.82) is 0 Å². The monoisotopic (exact) mass is 362 g/mol. The summed E-state index contributed by atoms with van der Waals surface area (Å²) in [6.45, 7) is 20.4. The van der Waals surface area contributed by atoms with Crippen LogP contribution in [0.15, 0.2) is 0 Å². The van der Waals surface area contributed by atoms with Crippen LogP contribution in [0.25, 0.3) is 0 Å². The van der Waals surface area contributed by atoms with E-state index in [1.165, 1.54) is 0 Å². The summed E-state index contributed by atoms with van der Waals surface area (Å²) in [6.07, 6.45) is 0. The molecule has 8 radical (unpaired) electrons. The average molecular weight is 361 g/mol. The Morgan fingerprint density at radius 1 is 0.429 bits per heavy atom. The van der Waals surface area contributed by atoms with E-state index in [9.17, 15) is 0 Å². The first-order valence-electron chi connectivity index (χ1n) is 4.50. The first-order valence-corrected chi connectivity index (χ1v) is 13.5. The normalized spacial score (nSPS) is 7.71. The molecule has 0 rings (SSSR count). The van der Waals surface area contributed by atoms with Gasteiger partial charge in [0.05, 0.1) is 0 Å².